The van der Waals surface area contributed by atoms with Crippen LogP contribution in [-0.2, 0) is 4.74 Å². The van der Waals surface area contributed by atoms with Gasteiger partial charge in [-0.1, -0.05) is 25.5 Å². The second-order valence-corrected chi connectivity index (χ2v) is 5.98. The SMILES string of the molecule is CCCCOC(=O)Nc1cc(Oc2ccccc2OC)c(Br)cc1F. The number of unbranched alkanes of at least 4 members (excludes halogenated alkanes) is 1. The predicted octanol–water partition coefficient (Wildman–Crippen LogP) is 5.74. The molecule has 0 aliphatic rings. The van der Waals surface area contributed by atoms with Crippen molar-refractivity contribution < 1.29 is 23.4 Å². The van der Waals surface area contributed by atoms with Crippen LogP contribution in [0.1, 0.15) is 19.8 Å². The molecule has 0 aliphatic carbocycles. The highest BCUT2D eigenvalue weighted by Crippen LogP contribution is 2.37. The van der Waals surface area contributed by atoms with Gasteiger partial charge in [0.15, 0.2) is 11.5 Å². The van der Waals surface area contributed by atoms with Crippen molar-refractivity contribution in [2.45, 2.75) is 19.8 Å². The summed E-state index contributed by atoms with van der Waals surface area (Å²) in [5.74, 6) is 0.724. The quantitative estimate of drug-likeness (QED) is 0.590. The van der Waals surface area contributed by atoms with Gasteiger partial charge in [-0.05, 0) is 40.5 Å². The molecule has 0 aliphatic heterocycles. The number of methoxy groups -OCH3 is 1. The molecule has 1 amide bonds. The third kappa shape index (κ3) is 5.35. The molecule has 0 aromatic heterocycles. The Morgan fingerprint density at radius 1 is 1.20 bits per heavy atom. The standard InChI is InChI=1S/C18H19BrFNO4/c1-3-4-9-24-18(22)21-14-11-17(12(19)10-13(14)20)25-16-8-6-5-7-15(16)23-2/h5-8,10-11H,3-4,9H2,1-2H3,(H,21,22). The van der Waals surface area contributed by atoms with E-state index in [9.17, 15) is 9.18 Å². The average Bonchev–Trinajstić information content (AvgIpc) is 2.59. The summed E-state index contributed by atoms with van der Waals surface area (Å²) in [5.41, 5.74) is -0.0328. The molecule has 0 bridgehead atoms. The summed E-state index contributed by atoms with van der Waals surface area (Å²) in [4.78, 5) is 11.7. The molecule has 0 fully saturated rings. The molecule has 134 valence electrons. The summed E-state index contributed by atoms with van der Waals surface area (Å²) in [6, 6.07) is 9.67. The van der Waals surface area contributed by atoms with Crippen LogP contribution >= 0.6 is 15.9 Å². The molecule has 0 saturated carbocycles. The summed E-state index contributed by atoms with van der Waals surface area (Å²) in [6.07, 6.45) is 0.938. The first-order valence-electron chi connectivity index (χ1n) is 7.78. The van der Waals surface area contributed by atoms with E-state index in [-0.39, 0.29) is 12.3 Å². The zero-order chi connectivity index (χ0) is 18.2. The summed E-state index contributed by atoms with van der Waals surface area (Å²) in [5, 5.41) is 2.38. The van der Waals surface area contributed by atoms with Crippen molar-refractivity contribution >= 4 is 27.7 Å². The Kier molecular flexibility index (Phi) is 7.06. The lowest BCUT2D eigenvalue weighted by atomic mass is 10.2. The molecule has 25 heavy (non-hydrogen) atoms. The molecular weight excluding hydrogens is 393 g/mol. The van der Waals surface area contributed by atoms with Gasteiger partial charge in [0.1, 0.15) is 11.6 Å². The van der Waals surface area contributed by atoms with Crippen molar-refractivity contribution in [3.63, 3.8) is 0 Å². The van der Waals surface area contributed by atoms with E-state index in [4.69, 9.17) is 14.2 Å². The largest absolute Gasteiger partial charge is 0.493 e. The van der Waals surface area contributed by atoms with Crippen LogP contribution in [0.15, 0.2) is 40.9 Å². The van der Waals surface area contributed by atoms with Crippen molar-refractivity contribution in [2.24, 2.45) is 0 Å². The van der Waals surface area contributed by atoms with Gasteiger partial charge in [-0.25, -0.2) is 9.18 Å². The molecule has 0 radical (unpaired) electrons. The van der Waals surface area contributed by atoms with E-state index in [1.807, 2.05) is 13.0 Å². The molecule has 2 aromatic rings. The molecule has 2 aromatic carbocycles. The van der Waals surface area contributed by atoms with Gasteiger partial charge in [-0.15, -0.1) is 0 Å². The number of benzene rings is 2. The van der Waals surface area contributed by atoms with E-state index in [0.29, 0.717) is 21.7 Å². The number of hydrogen-bond acceptors (Lipinski definition) is 4. The van der Waals surface area contributed by atoms with Gasteiger partial charge in [0, 0.05) is 6.07 Å². The number of nitrogens with one attached hydrogen (secondary N) is 1. The number of halogens is 2. The number of carbonyl (C=O) groups is 1. The van der Waals surface area contributed by atoms with Gasteiger partial charge < -0.3 is 14.2 Å². The van der Waals surface area contributed by atoms with Crippen LogP contribution < -0.4 is 14.8 Å². The third-order valence-corrected chi connectivity index (χ3v) is 3.90. The van der Waals surface area contributed by atoms with E-state index in [1.54, 1.807) is 18.2 Å². The maximum absolute atomic E-state index is 14.1. The Hall–Kier alpha value is -2.28. The highest BCUT2D eigenvalue weighted by Gasteiger charge is 2.14. The molecule has 0 heterocycles. The molecule has 5 nitrogen and oxygen atoms in total. The maximum atomic E-state index is 14.1. The van der Waals surface area contributed by atoms with Crippen LogP contribution in [-0.4, -0.2) is 19.8 Å². The summed E-state index contributed by atoms with van der Waals surface area (Å²) in [7, 11) is 1.53. The molecule has 0 unspecified atom stereocenters. The molecule has 1 N–H and O–H groups in total. The van der Waals surface area contributed by atoms with E-state index in [0.717, 1.165) is 12.8 Å². The second-order valence-electron chi connectivity index (χ2n) is 5.13. The molecule has 0 atom stereocenters. The number of amides is 1. The minimum Gasteiger partial charge on any atom is -0.493 e. The maximum Gasteiger partial charge on any atom is 0.411 e. The summed E-state index contributed by atoms with van der Waals surface area (Å²) in [6.45, 7) is 2.27. The lowest BCUT2D eigenvalue weighted by molar-refractivity contribution is 0.159. The van der Waals surface area contributed by atoms with Crippen LogP contribution in [0.3, 0.4) is 0 Å². The minimum atomic E-state index is -0.710. The fourth-order valence-corrected chi connectivity index (χ4v) is 2.38. The normalized spacial score (nSPS) is 10.2. The predicted molar refractivity (Wildman–Crippen MR) is 97.0 cm³/mol. The third-order valence-electron chi connectivity index (χ3n) is 3.28. The number of hydrogen-bond donors (Lipinski definition) is 1. The van der Waals surface area contributed by atoms with Gasteiger partial charge >= 0.3 is 6.09 Å². The van der Waals surface area contributed by atoms with Gasteiger partial charge in [-0.3, -0.25) is 5.32 Å². The van der Waals surface area contributed by atoms with Crippen LogP contribution in [0.4, 0.5) is 14.9 Å². The van der Waals surface area contributed by atoms with Crippen molar-refractivity contribution in [1.29, 1.82) is 0 Å². The van der Waals surface area contributed by atoms with Gasteiger partial charge in [0.25, 0.3) is 0 Å². The number of para-hydroxylation sites is 2. The fraction of sp³-hybridized carbons (Fsp3) is 0.278. The summed E-state index contributed by atoms with van der Waals surface area (Å²) < 4.78 is 30.5. The first-order chi connectivity index (χ1) is 12.0. The van der Waals surface area contributed by atoms with Crippen molar-refractivity contribution in [1.82, 2.24) is 0 Å². The van der Waals surface area contributed by atoms with Crippen LogP contribution in [0.5, 0.6) is 17.2 Å². The Morgan fingerprint density at radius 2 is 1.92 bits per heavy atom. The van der Waals surface area contributed by atoms with E-state index in [1.165, 1.54) is 19.2 Å². The number of anilines is 1. The average molecular weight is 412 g/mol. The van der Waals surface area contributed by atoms with E-state index < -0.39 is 11.9 Å². The van der Waals surface area contributed by atoms with Crippen molar-refractivity contribution in [3.05, 3.63) is 46.7 Å². The van der Waals surface area contributed by atoms with E-state index >= 15 is 0 Å². The lowest BCUT2D eigenvalue weighted by Crippen LogP contribution is -2.15. The van der Waals surface area contributed by atoms with Crippen LogP contribution in [0.2, 0.25) is 0 Å². The lowest BCUT2D eigenvalue weighted by Gasteiger charge is -2.14. The van der Waals surface area contributed by atoms with Crippen molar-refractivity contribution in [2.75, 3.05) is 19.0 Å². The molecule has 7 heteroatoms. The topological polar surface area (TPSA) is 56.8 Å². The highest BCUT2D eigenvalue weighted by molar-refractivity contribution is 9.10. The zero-order valence-corrected chi connectivity index (χ0v) is 15.6. The smallest absolute Gasteiger partial charge is 0.411 e. The Labute approximate surface area is 154 Å². The first-order valence-corrected chi connectivity index (χ1v) is 8.58. The van der Waals surface area contributed by atoms with Gasteiger partial charge in [0.2, 0.25) is 0 Å². The number of carbonyl (C=O) groups excluding carboxylic acids is 1. The molecular formula is C18H19BrFNO4. The van der Waals surface area contributed by atoms with Crippen LogP contribution in [0.25, 0.3) is 0 Å². The highest BCUT2D eigenvalue weighted by atomic mass is 79.9. The fourth-order valence-electron chi connectivity index (χ4n) is 1.98. The minimum absolute atomic E-state index is 0.0328. The Balaban J connectivity index is 2.18. The Bertz CT molecular complexity index is 739. The monoisotopic (exact) mass is 411 g/mol. The number of rotatable bonds is 7. The van der Waals surface area contributed by atoms with Gasteiger partial charge in [0.05, 0.1) is 23.9 Å². The first kappa shape index (κ1) is 19.1. The van der Waals surface area contributed by atoms with E-state index in [2.05, 4.69) is 21.2 Å². The molecule has 2 rings (SSSR count). The second kappa shape index (κ2) is 9.27. The van der Waals surface area contributed by atoms with Gasteiger partial charge in [-0.2, -0.15) is 0 Å². The van der Waals surface area contributed by atoms with Crippen molar-refractivity contribution in [3.8, 4) is 17.2 Å². The summed E-state index contributed by atoms with van der Waals surface area (Å²) >= 11 is 3.25. The molecule has 0 saturated heterocycles. The van der Waals surface area contributed by atoms with Crippen LogP contribution in [0, 0.1) is 5.82 Å². The number of ether oxygens (including phenoxy) is 3. The Morgan fingerprint density at radius 3 is 2.60 bits per heavy atom. The molecule has 0 spiro atoms. The zero-order valence-electron chi connectivity index (χ0n) is 14.0.